The van der Waals surface area contributed by atoms with Crippen molar-refractivity contribution < 1.29 is 4.39 Å². The van der Waals surface area contributed by atoms with Gasteiger partial charge in [0, 0.05) is 30.4 Å². The van der Waals surface area contributed by atoms with Gasteiger partial charge in [0.1, 0.15) is 5.82 Å². The van der Waals surface area contributed by atoms with Gasteiger partial charge in [-0.05, 0) is 65.7 Å². The van der Waals surface area contributed by atoms with E-state index in [2.05, 4.69) is 22.8 Å². The molecule has 2 nitrogen and oxygen atoms in total. The smallest absolute Gasteiger partial charge is 0.123 e. The van der Waals surface area contributed by atoms with E-state index in [0.717, 1.165) is 36.1 Å². The minimum absolute atomic E-state index is 0.205. The summed E-state index contributed by atoms with van der Waals surface area (Å²) in [5.74, 6) is -0.205. The molecule has 0 N–H and O–H groups in total. The Kier molecular flexibility index (Phi) is 2.98. The van der Waals surface area contributed by atoms with Gasteiger partial charge < -0.3 is 4.57 Å². The summed E-state index contributed by atoms with van der Waals surface area (Å²) in [5, 5.41) is 0.909. The highest BCUT2D eigenvalue weighted by Gasteiger charge is 2.15. The highest BCUT2D eigenvalue weighted by atomic mass is 35.5. The van der Waals surface area contributed by atoms with Gasteiger partial charge in [0.05, 0.1) is 5.52 Å². The first-order valence-electron chi connectivity index (χ1n) is 7.00. The second kappa shape index (κ2) is 4.86. The molecule has 1 aromatic heterocycles. The molecule has 2 heterocycles. The molecular weight excluding hydrogens is 287 g/mol. The largest absolute Gasteiger partial charge is 0.317 e. The van der Waals surface area contributed by atoms with Gasteiger partial charge in [-0.15, -0.1) is 0 Å². The first kappa shape index (κ1) is 12.9. The topological polar surface area (TPSA) is 8.17 Å². The standard InChI is InChI=1S/C17H14ClFN2/c18-20-7-5-12-1-3-16(10-14(12)11-20)21-8-6-13-9-15(19)2-4-17(13)21/h1-4,6,8-10H,5,7,11H2. The molecular formula is C17H14ClFN2. The van der Waals surface area contributed by atoms with Crippen molar-refractivity contribution >= 4 is 22.7 Å². The number of hydrogen-bond donors (Lipinski definition) is 0. The number of aromatic nitrogens is 1. The van der Waals surface area contributed by atoms with Crippen LogP contribution in [0.4, 0.5) is 4.39 Å². The maximum Gasteiger partial charge on any atom is 0.123 e. The zero-order valence-electron chi connectivity index (χ0n) is 11.4. The quantitative estimate of drug-likeness (QED) is 0.609. The van der Waals surface area contributed by atoms with E-state index in [1.54, 1.807) is 6.07 Å². The first-order valence-corrected chi connectivity index (χ1v) is 7.34. The van der Waals surface area contributed by atoms with Crippen LogP contribution in [0, 0.1) is 5.82 Å². The van der Waals surface area contributed by atoms with Crippen molar-refractivity contribution in [3.8, 4) is 5.69 Å². The number of fused-ring (bicyclic) bond motifs is 2. The molecule has 4 heteroatoms. The van der Waals surface area contributed by atoms with Gasteiger partial charge in [-0.2, -0.15) is 0 Å². The molecule has 4 rings (SSSR count). The lowest BCUT2D eigenvalue weighted by Crippen LogP contribution is -2.22. The monoisotopic (exact) mass is 300 g/mol. The molecule has 0 fully saturated rings. The summed E-state index contributed by atoms with van der Waals surface area (Å²) < 4.78 is 17.2. The van der Waals surface area contributed by atoms with E-state index in [9.17, 15) is 4.39 Å². The van der Waals surface area contributed by atoms with Crippen molar-refractivity contribution in [3.05, 3.63) is 65.6 Å². The number of hydrogen-bond acceptors (Lipinski definition) is 1. The van der Waals surface area contributed by atoms with E-state index >= 15 is 0 Å². The fourth-order valence-electron chi connectivity index (χ4n) is 3.00. The normalized spacial score (nSPS) is 15.3. The summed E-state index contributed by atoms with van der Waals surface area (Å²) in [4.78, 5) is 0. The van der Waals surface area contributed by atoms with Crippen molar-refractivity contribution in [2.45, 2.75) is 13.0 Å². The average Bonchev–Trinajstić information content (AvgIpc) is 2.89. The number of nitrogens with zero attached hydrogens (tertiary/aromatic N) is 2. The summed E-state index contributed by atoms with van der Waals surface area (Å²) in [6.07, 6.45) is 2.96. The molecule has 0 spiro atoms. The van der Waals surface area contributed by atoms with Gasteiger partial charge in [0.15, 0.2) is 0 Å². The Hall–Kier alpha value is -1.84. The van der Waals surface area contributed by atoms with Crippen molar-refractivity contribution in [2.75, 3.05) is 6.54 Å². The molecule has 0 aliphatic carbocycles. The van der Waals surface area contributed by atoms with Gasteiger partial charge in [-0.3, -0.25) is 0 Å². The molecule has 21 heavy (non-hydrogen) atoms. The van der Waals surface area contributed by atoms with Crippen molar-refractivity contribution in [2.24, 2.45) is 0 Å². The Morgan fingerprint density at radius 1 is 1.00 bits per heavy atom. The zero-order chi connectivity index (χ0) is 14.4. The Morgan fingerprint density at radius 3 is 2.81 bits per heavy atom. The summed E-state index contributed by atoms with van der Waals surface area (Å²) in [5.41, 5.74) is 4.72. The molecule has 0 unspecified atom stereocenters. The molecule has 1 aliphatic rings. The fraction of sp³-hybridized carbons (Fsp3) is 0.176. The summed E-state index contributed by atoms with van der Waals surface area (Å²) >= 11 is 6.12. The van der Waals surface area contributed by atoms with Gasteiger partial charge in [-0.25, -0.2) is 8.81 Å². The molecule has 0 bridgehead atoms. The Balaban J connectivity index is 1.83. The molecule has 0 saturated carbocycles. The van der Waals surface area contributed by atoms with Crippen LogP contribution >= 0.6 is 11.8 Å². The van der Waals surface area contributed by atoms with Crippen LogP contribution in [0.2, 0.25) is 0 Å². The number of benzene rings is 2. The molecule has 0 atom stereocenters. The molecule has 0 amide bonds. The van der Waals surface area contributed by atoms with Crippen LogP contribution < -0.4 is 0 Å². The summed E-state index contributed by atoms with van der Waals surface area (Å²) in [6.45, 7) is 1.65. The average molecular weight is 301 g/mol. The van der Waals surface area contributed by atoms with E-state index < -0.39 is 0 Å². The molecule has 3 aromatic rings. The van der Waals surface area contributed by atoms with Crippen molar-refractivity contribution in [1.29, 1.82) is 0 Å². The number of rotatable bonds is 1. The van der Waals surface area contributed by atoms with Crippen LogP contribution in [-0.2, 0) is 13.0 Å². The van der Waals surface area contributed by atoms with Gasteiger partial charge in [0.2, 0.25) is 0 Å². The fourth-order valence-corrected chi connectivity index (χ4v) is 3.21. The van der Waals surface area contributed by atoms with Crippen LogP contribution in [0.25, 0.3) is 16.6 Å². The van der Waals surface area contributed by atoms with E-state index in [1.807, 2.05) is 22.7 Å². The van der Waals surface area contributed by atoms with Crippen molar-refractivity contribution in [1.82, 2.24) is 8.99 Å². The third kappa shape index (κ3) is 2.23. The van der Waals surface area contributed by atoms with E-state index in [-0.39, 0.29) is 5.82 Å². The Bertz CT molecular complexity index is 825. The third-order valence-electron chi connectivity index (χ3n) is 4.09. The molecule has 0 saturated heterocycles. The Labute approximate surface area is 127 Å². The van der Waals surface area contributed by atoms with Gasteiger partial charge >= 0.3 is 0 Å². The lowest BCUT2D eigenvalue weighted by molar-refractivity contribution is 0.429. The third-order valence-corrected chi connectivity index (χ3v) is 4.37. The second-order valence-electron chi connectivity index (χ2n) is 5.44. The SMILES string of the molecule is Fc1ccc2c(ccn2-c2ccc3c(c2)CN(Cl)CC3)c1. The van der Waals surface area contributed by atoms with Crippen LogP contribution in [-0.4, -0.2) is 15.5 Å². The van der Waals surface area contributed by atoms with Crippen LogP contribution in [0.3, 0.4) is 0 Å². The van der Waals surface area contributed by atoms with E-state index in [0.29, 0.717) is 0 Å². The van der Waals surface area contributed by atoms with Crippen LogP contribution in [0.1, 0.15) is 11.1 Å². The van der Waals surface area contributed by atoms with Crippen molar-refractivity contribution in [3.63, 3.8) is 0 Å². The second-order valence-corrected chi connectivity index (χ2v) is 5.91. The molecule has 2 aromatic carbocycles. The molecule has 106 valence electrons. The molecule has 0 radical (unpaired) electrons. The van der Waals surface area contributed by atoms with Crippen LogP contribution in [0.15, 0.2) is 48.7 Å². The number of halogens is 2. The first-order chi connectivity index (χ1) is 10.2. The highest BCUT2D eigenvalue weighted by Crippen LogP contribution is 2.26. The molecule has 1 aliphatic heterocycles. The lowest BCUT2D eigenvalue weighted by Gasteiger charge is -2.23. The predicted octanol–water partition coefficient (Wildman–Crippen LogP) is 4.28. The highest BCUT2D eigenvalue weighted by molar-refractivity contribution is 6.13. The Morgan fingerprint density at radius 2 is 1.90 bits per heavy atom. The summed E-state index contributed by atoms with van der Waals surface area (Å²) in [6, 6.07) is 13.3. The predicted molar refractivity (Wildman–Crippen MR) is 83.2 cm³/mol. The van der Waals surface area contributed by atoms with E-state index in [4.69, 9.17) is 11.8 Å². The maximum absolute atomic E-state index is 13.3. The summed E-state index contributed by atoms with van der Waals surface area (Å²) in [7, 11) is 0. The zero-order valence-corrected chi connectivity index (χ0v) is 12.1. The minimum atomic E-state index is -0.205. The minimum Gasteiger partial charge on any atom is -0.317 e. The van der Waals surface area contributed by atoms with E-state index in [1.165, 1.54) is 17.2 Å². The van der Waals surface area contributed by atoms with Gasteiger partial charge in [-0.1, -0.05) is 6.07 Å². The van der Waals surface area contributed by atoms with Crippen LogP contribution in [0.5, 0.6) is 0 Å². The maximum atomic E-state index is 13.3. The van der Waals surface area contributed by atoms with Gasteiger partial charge in [0.25, 0.3) is 0 Å². The lowest BCUT2D eigenvalue weighted by atomic mass is 10.0.